The van der Waals surface area contributed by atoms with Gasteiger partial charge in [0.2, 0.25) is 0 Å². The Morgan fingerprint density at radius 3 is 1.35 bits per heavy atom. The van der Waals surface area contributed by atoms with E-state index in [-0.39, 0.29) is 22.4 Å². The molecule has 109 valence electrons. The van der Waals surface area contributed by atoms with Crippen LogP contribution in [-0.4, -0.2) is 0 Å². The Kier molecular flexibility index (Phi) is 12.4. The van der Waals surface area contributed by atoms with E-state index in [0.29, 0.717) is 0 Å². The molecule has 0 spiro atoms. The average molecular weight is 435 g/mol. The van der Waals surface area contributed by atoms with E-state index in [2.05, 4.69) is 47.8 Å². The summed E-state index contributed by atoms with van der Waals surface area (Å²) >= 11 is 0. The van der Waals surface area contributed by atoms with Crippen LogP contribution in [0.15, 0.2) is 55.6 Å². The average Bonchev–Trinajstić information content (AvgIpc) is 3.06. The number of hydrogen-bond acceptors (Lipinski definition) is 0. The molecule has 0 N–H and O–H groups in total. The van der Waals surface area contributed by atoms with Gasteiger partial charge in [-0.3, -0.25) is 0 Å². The molecule has 2 rings (SSSR count). The fourth-order valence-corrected chi connectivity index (χ4v) is 1.73. The number of hydrogen-bond donors (Lipinski definition) is 0. The Morgan fingerprint density at radius 2 is 1.25 bits per heavy atom. The Bertz CT molecular complexity index is 381. The molecule has 0 unspecified atom stereocenters. The van der Waals surface area contributed by atoms with Gasteiger partial charge in [0.15, 0.2) is 0 Å². The normalized spacial score (nSPS) is 8.25. The van der Waals surface area contributed by atoms with Crippen molar-refractivity contribution in [1.82, 2.24) is 0 Å². The molecular formula is C19H26Ta-2. The summed E-state index contributed by atoms with van der Waals surface area (Å²) in [5.74, 6) is 0. The summed E-state index contributed by atoms with van der Waals surface area (Å²) in [6.07, 6.45) is 3.28. The summed E-state index contributed by atoms with van der Waals surface area (Å²) in [6, 6.07) is 10.0. The van der Waals surface area contributed by atoms with E-state index >= 15 is 0 Å². The van der Waals surface area contributed by atoms with Crippen molar-refractivity contribution in [3.8, 4) is 0 Å². The van der Waals surface area contributed by atoms with E-state index in [0.717, 1.165) is 0 Å². The zero-order valence-corrected chi connectivity index (χ0v) is 16.6. The van der Waals surface area contributed by atoms with E-state index in [1.165, 1.54) is 27.8 Å². The van der Waals surface area contributed by atoms with Gasteiger partial charge in [0.1, 0.15) is 0 Å². The smallest absolute Gasteiger partial charge is 0 e. The molecule has 0 aromatic heterocycles. The zero-order valence-electron chi connectivity index (χ0n) is 13.4. The topological polar surface area (TPSA) is 0 Å². The van der Waals surface area contributed by atoms with Gasteiger partial charge < -0.3 is 0 Å². The van der Waals surface area contributed by atoms with Crippen LogP contribution < -0.4 is 0 Å². The molecule has 0 aliphatic heterocycles. The van der Waals surface area contributed by atoms with Gasteiger partial charge in [0, 0.05) is 22.4 Å². The maximum atomic E-state index is 3.36. The molecule has 0 saturated heterocycles. The number of allylic oxidation sites excluding steroid dienone is 2. The molecule has 0 atom stereocenters. The molecule has 2 aromatic rings. The molecule has 2 aromatic carbocycles. The van der Waals surface area contributed by atoms with Crippen molar-refractivity contribution < 1.29 is 22.4 Å². The fourth-order valence-electron chi connectivity index (χ4n) is 1.73. The Hall–Kier alpha value is -1.08. The molecule has 1 heteroatoms. The minimum absolute atomic E-state index is 0. The predicted molar refractivity (Wildman–Crippen MR) is 88.1 cm³/mol. The molecule has 1 radical (unpaired) electrons. The van der Waals surface area contributed by atoms with Crippen molar-refractivity contribution in [2.75, 3.05) is 0 Å². The van der Waals surface area contributed by atoms with Gasteiger partial charge in [0.25, 0.3) is 0 Å². The van der Waals surface area contributed by atoms with Crippen LogP contribution in [-0.2, 0) is 22.4 Å². The zero-order chi connectivity index (χ0) is 14.8. The van der Waals surface area contributed by atoms with Gasteiger partial charge in [-0.05, 0) is 0 Å². The van der Waals surface area contributed by atoms with Crippen molar-refractivity contribution in [1.29, 1.82) is 0 Å². The van der Waals surface area contributed by atoms with Crippen molar-refractivity contribution in [3.63, 3.8) is 0 Å². The van der Waals surface area contributed by atoms with Crippen LogP contribution >= 0.6 is 0 Å². The molecule has 0 heterocycles. The summed E-state index contributed by atoms with van der Waals surface area (Å²) in [5.41, 5.74) is 7.34. The molecule has 0 saturated carbocycles. The Balaban J connectivity index is 0. The van der Waals surface area contributed by atoms with Crippen molar-refractivity contribution in [2.45, 2.75) is 34.6 Å². The van der Waals surface area contributed by atoms with Gasteiger partial charge in [-0.15, -0.1) is 0 Å². The second kappa shape index (κ2) is 11.7. The van der Waals surface area contributed by atoms with E-state index in [1.807, 2.05) is 30.3 Å². The summed E-state index contributed by atoms with van der Waals surface area (Å²) in [6.45, 7) is 17.7. The first-order valence-corrected chi connectivity index (χ1v) is 6.57. The van der Waals surface area contributed by atoms with E-state index in [9.17, 15) is 0 Å². The Labute approximate surface area is 140 Å². The molecule has 0 aliphatic rings. The van der Waals surface area contributed by atoms with E-state index < -0.39 is 0 Å². The second-order valence-corrected chi connectivity index (χ2v) is 4.56. The van der Waals surface area contributed by atoms with Crippen molar-refractivity contribution in [3.05, 3.63) is 83.5 Å². The monoisotopic (exact) mass is 435 g/mol. The summed E-state index contributed by atoms with van der Waals surface area (Å²) in [5, 5.41) is 0. The summed E-state index contributed by atoms with van der Waals surface area (Å²) < 4.78 is 0. The van der Waals surface area contributed by atoms with Gasteiger partial charge in [-0.25, -0.2) is 12.1 Å². The van der Waals surface area contributed by atoms with Crippen LogP contribution in [0.4, 0.5) is 0 Å². The SMILES string of the molecule is C=CC=C.Cc1c(C)c(C)[c-](C)c1C.[Ta].c1cc[cH-]c1. The van der Waals surface area contributed by atoms with Gasteiger partial charge in [-0.1, -0.05) is 59.9 Å². The molecule has 0 aliphatic carbocycles. The van der Waals surface area contributed by atoms with Crippen molar-refractivity contribution >= 4 is 0 Å². The molecule has 0 bridgehead atoms. The van der Waals surface area contributed by atoms with Crippen LogP contribution in [0.1, 0.15) is 27.8 Å². The Morgan fingerprint density at radius 1 is 0.900 bits per heavy atom. The third kappa shape index (κ3) is 6.91. The van der Waals surface area contributed by atoms with Crippen LogP contribution in [0, 0.1) is 34.6 Å². The van der Waals surface area contributed by atoms with Gasteiger partial charge >= 0.3 is 0 Å². The molecule has 0 amide bonds. The fraction of sp³-hybridized carbons (Fsp3) is 0.263. The van der Waals surface area contributed by atoms with Crippen LogP contribution in [0.5, 0.6) is 0 Å². The third-order valence-corrected chi connectivity index (χ3v) is 3.53. The third-order valence-electron chi connectivity index (χ3n) is 3.53. The maximum Gasteiger partial charge on any atom is 0 e. The van der Waals surface area contributed by atoms with Gasteiger partial charge in [0.05, 0.1) is 0 Å². The first kappa shape index (κ1) is 21.2. The standard InChI is InChI=1S/C10H15.C5H5.C4H6.Ta/c1-6-7(2)9(4)10(5)8(6)3;1-2-4-5-3-1;1-3-4-2;/h1-5H3;1-5H;3-4H,1-2H2;/q2*-1;;. The van der Waals surface area contributed by atoms with Crippen LogP contribution in [0.2, 0.25) is 0 Å². The minimum atomic E-state index is 0. The minimum Gasteiger partial charge on any atom is -0.214 e. The quantitative estimate of drug-likeness (QED) is 0.398. The summed E-state index contributed by atoms with van der Waals surface area (Å²) in [4.78, 5) is 0. The summed E-state index contributed by atoms with van der Waals surface area (Å²) in [7, 11) is 0. The van der Waals surface area contributed by atoms with Crippen LogP contribution in [0.3, 0.4) is 0 Å². The van der Waals surface area contributed by atoms with E-state index in [4.69, 9.17) is 0 Å². The predicted octanol–water partition coefficient (Wildman–Crippen LogP) is 5.71. The molecule has 20 heavy (non-hydrogen) atoms. The largest absolute Gasteiger partial charge is 0.214 e. The molecular weight excluding hydrogens is 409 g/mol. The van der Waals surface area contributed by atoms with Gasteiger partial charge in [-0.2, -0.15) is 46.0 Å². The first-order valence-electron chi connectivity index (χ1n) is 6.57. The first-order chi connectivity index (χ1) is 8.97. The van der Waals surface area contributed by atoms with E-state index in [1.54, 1.807) is 12.2 Å². The number of rotatable bonds is 1. The molecule has 0 fully saturated rings. The maximum absolute atomic E-state index is 3.36. The van der Waals surface area contributed by atoms with Crippen LogP contribution in [0.25, 0.3) is 0 Å². The van der Waals surface area contributed by atoms with Crippen molar-refractivity contribution in [2.24, 2.45) is 0 Å². The second-order valence-electron chi connectivity index (χ2n) is 4.56. The molecule has 0 nitrogen and oxygen atoms in total.